The van der Waals surface area contributed by atoms with E-state index in [1.165, 1.54) is 24.3 Å². The summed E-state index contributed by atoms with van der Waals surface area (Å²) in [6.45, 7) is 3.23. The molecule has 0 atom stereocenters. The molecule has 0 bridgehead atoms. The monoisotopic (exact) mass is 413 g/mol. The van der Waals surface area contributed by atoms with E-state index in [9.17, 15) is 16.8 Å². The van der Waals surface area contributed by atoms with E-state index in [4.69, 9.17) is 13.1 Å². The van der Waals surface area contributed by atoms with Crippen molar-refractivity contribution >= 4 is 20.2 Å². The van der Waals surface area contributed by atoms with Gasteiger partial charge in [0.15, 0.2) is 0 Å². The molecule has 0 unspecified atom stereocenters. The minimum absolute atomic E-state index is 0.0145. The van der Waals surface area contributed by atoms with Crippen LogP contribution >= 0.6 is 0 Å². The largest absolute Gasteiger partial charge is 0.377 e. The number of allylic oxidation sites excluding steroid dienone is 5. The fourth-order valence-electron chi connectivity index (χ4n) is 1.99. The first-order chi connectivity index (χ1) is 12.7. The molecule has 7 nitrogen and oxygen atoms in total. The lowest BCUT2D eigenvalue weighted by atomic mass is 10.2. The van der Waals surface area contributed by atoms with Gasteiger partial charge in [-0.3, -0.25) is 8.37 Å². The molecule has 0 aromatic heterocycles. The van der Waals surface area contributed by atoms with Crippen LogP contribution in [0.5, 0.6) is 0 Å². The molecule has 0 amide bonds. The maximum atomic E-state index is 12.0. The minimum Gasteiger partial charge on any atom is -0.377 e. The summed E-state index contributed by atoms with van der Waals surface area (Å²) in [5, 5.41) is 0. The van der Waals surface area contributed by atoms with Crippen molar-refractivity contribution in [3.8, 4) is 0 Å². The second kappa shape index (κ2) is 9.36. The van der Waals surface area contributed by atoms with Crippen molar-refractivity contribution in [1.29, 1.82) is 0 Å². The maximum absolute atomic E-state index is 12.0. The summed E-state index contributed by atoms with van der Waals surface area (Å²) in [6.07, 6.45) is 7.19. The van der Waals surface area contributed by atoms with Crippen molar-refractivity contribution in [3.05, 3.63) is 64.6 Å². The van der Waals surface area contributed by atoms with Gasteiger partial charge in [0.25, 0.3) is 10.1 Å². The van der Waals surface area contributed by atoms with Crippen LogP contribution in [0.25, 0.3) is 0 Å². The lowest BCUT2D eigenvalue weighted by Crippen LogP contribution is -2.16. The number of ether oxygens (including phenoxy) is 1. The Labute approximate surface area is 160 Å². The van der Waals surface area contributed by atoms with E-state index in [0.29, 0.717) is 0 Å². The van der Waals surface area contributed by atoms with E-state index in [-0.39, 0.29) is 36.2 Å². The van der Waals surface area contributed by atoms with Gasteiger partial charge in [-0.25, -0.2) is 0 Å². The lowest BCUT2D eigenvalue weighted by molar-refractivity contribution is 0.0797. The first-order valence-corrected chi connectivity index (χ1v) is 10.9. The fourth-order valence-corrected chi connectivity index (χ4v) is 3.75. The Bertz CT molecular complexity index is 938. The molecule has 2 rings (SSSR count). The third kappa shape index (κ3) is 6.66. The second-order valence-electron chi connectivity index (χ2n) is 5.69. The van der Waals surface area contributed by atoms with Crippen molar-refractivity contribution in [2.75, 3.05) is 26.4 Å². The summed E-state index contributed by atoms with van der Waals surface area (Å²) in [6, 6.07) is 6.28. The standard InChI is InChI=1S/C18H21O7S2/c1-15-3-7-17(8-4-15)26(19,20)24-13-11-23-12-14-25-27(21,22)18-9-5-16(2)6-10-18/h3-5,7-10H,11-14H2,1-2H3/q+1. The van der Waals surface area contributed by atoms with Crippen LogP contribution in [0.1, 0.15) is 12.5 Å². The molecule has 0 N–H and O–H groups in total. The Kier molecular flexibility index (Phi) is 7.43. The average Bonchev–Trinajstić information content (AvgIpc) is 2.61. The van der Waals surface area contributed by atoms with E-state index < -0.39 is 20.2 Å². The summed E-state index contributed by atoms with van der Waals surface area (Å²) in [5.74, 6) is 0. The molecule has 1 aromatic rings. The van der Waals surface area contributed by atoms with Crippen LogP contribution in [-0.2, 0) is 33.3 Å². The Morgan fingerprint density at radius 2 is 1.41 bits per heavy atom. The van der Waals surface area contributed by atoms with Gasteiger partial charge in [-0.1, -0.05) is 17.7 Å². The zero-order chi connectivity index (χ0) is 19.9. The van der Waals surface area contributed by atoms with Gasteiger partial charge < -0.3 is 4.74 Å². The molecule has 0 saturated carbocycles. The van der Waals surface area contributed by atoms with Crippen LogP contribution in [-0.4, -0.2) is 43.3 Å². The first-order valence-electron chi connectivity index (χ1n) is 8.12. The third-order valence-corrected chi connectivity index (χ3v) is 6.11. The maximum Gasteiger partial charge on any atom is 0.345 e. The highest BCUT2D eigenvalue weighted by atomic mass is 32.2. The SMILES string of the molecule is CC1=[C+]C=C(S(=O)(=O)OCCOCCOS(=O)(=O)c2ccc(C)cc2)C=C1. The normalized spacial score (nSPS) is 14.4. The molecule has 0 heterocycles. The van der Waals surface area contributed by atoms with Gasteiger partial charge in [-0.2, -0.15) is 16.8 Å². The van der Waals surface area contributed by atoms with Gasteiger partial charge in [-0.15, -0.1) is 0 Å². The van der Waals surface area contributed by atoms with Crippen LogP contribution in [0.3, 0.4) is 0 Å². The van der Waals surface area contributed by atoms with Gasteiger partial charge in [0.05, 0.1) is 43.5 Å². The number of rotatable bonds is 10. The Hall–Kier alpha value is -1.87. The number of benzene rings is 1. The predicted octanol–water partition coefficient (Wildman–Crippen LogP) is 2.27. The van der Waals surface area contributed by atoms with Gasteiger partial charge in [0.2, 0.25) is 4.91 Å². The summed E-state index contributed by atoms with van der Waals surface area (Å²) in [7, 11) is -7.71. The van der Waals surface area contributed by atoms with Crippen molar-refractivity contribution < 1.29 is 29.9 Å². The number of hydrogen-bond acceptors (Lipinski definition) is 7. The highest BCUT2D eigenvalue weighted by Crippen LogP contribution is 2.16. The van der Waals surface area contributed by atoms with Crippen LogP contribution in [0.2, 0.25) is 0 Å². The number of hydrogen-bond donors (Lipinski definition) is 0. The van der Waals surface area contributed by atoms with E-state index in [2.05, 4.69) is 6.08 Å². The second-order valence-corrected chi connectivity index (χ2v) is 8.92. The molecule has 1 aliphatic carbocycles. The Balaban J connectivity index is 1.68. The summed E-state index contributed by atoms with van der Waals surface area (Å²) in [5.41, 5.74) is 1.76. The van der Waals surface area contributed by atoms with Crippen molar-refractivity contribution in [3.63, 3.8) is 0 Å². The van der Waals surface area contributed by atoms with Crippen LogP contribution < -0.4 is 0 Å². The third-order valence-electron chi connectivity index (χ3n) is 3.47. The molecule has 0 fully saturated rings. The van der Waals surface area contributed by atoms with E-state index in [1.54, 1.807) is 25.1 Å². The molecular formula is C18H21O7S2+. The smallest absolute Gasteiger partial charge is 0.345 e. The minimum atomic E-state index is -3.87. The summed E-state index contributed by atoms with van der Waals surface area (Å²) in [4.78, 5) is 0.0815. The van der Waals surface area contributed by atoms with Crippen LogP contribution in [0, 0.1) is 13.0 Å². The molecule has 0 spiro atoms. The summed E-state index contributed by atoms with van der Waals surface area (Å²) >= 11 is 0. The topological polar surface area (TPSA) is 96.0 Å². The highest BCUT2D eigenvalue weighted by Gasteiger charge is 2.24. The lowest BCUT2D eigenvalue weighted by Gasteiger charge is -2.07. The van der Waals surface area contributed by atoms with Crippen LogP contribution in [0.4, 0.5) is 0 Å². The van der Waals surface area contributed by atoms with Crippen molar-refractivity contribution in [2.45, 2.75) is 18.7 Å². The first kappa shape index (κ1) is 21.4. The van der Waals surface area contributed by atoms with Crippen LogP contribution in [0.15, 0.2) is 57.9 Å². The van der Waals surface area contributed by atoms with E-state index in [1.807, 2.05) is 6.92 Å². The molecule has 0 saturated heterocycles. The molecule has 1 aromatic carbocycles. The van der Waals surface area contributed by atoms with Gasteiger partial charge in [-0.05, 0) is 26.0 Å². The molecule has 9 heteroatoms. The Morgan fingerprint density at radius 3 is 1.96 bits per heavy atom. The van der Waals surface area contributed by atoms with Crippen molar-refractivity contribution in [1.82, 2.24) is 0 Å². The van der Waals surface area contributed by atoms with Crippen molar-refractivity contribution in [2.24, 2.45) is 0 Å². The predicted molar refractivity (Wildman–Crippen MR) is 99.7 cm³/mol. The summed E-state index contributed by atoms with van der Waals surface area (Å²) < 4.78 is 62.7. The zero-order valence-corrected chi connectivity index (χ0v) is 16.7. The Morgan fingerprint density at radius 1 is 0.815 bits per heavy atom. The van der Waals surface area contributed by atoms with Gasteiger partial charge >= 0.3 is 10.1 Å². The molecule has 146 valence electrons. The zero-order valence-electron chi connectivity index (χ0n) is 15.0. The highest BCUT2D eigenvalue weighted by molar-refractivity contribution is 7.91. The van der Waals surface area contributed by atoms with E-state index >= 15 is 0 Å². The molecule has 1 aliphatic rings. The number of aryl methyl sites for hydroxylation is 1. The fraction of sp³-hybridized carbons (Fsp3) is 0.333. The average molecular weight is 413 g/mol. The van der Waals surface area contributed by atoms with Gasteiger partial charge in [0, 0.05) is 6.08 Å². The van der Waals surface area contributed by atoms with Gasteiger partial charge in [0.1, 0.15) is 11.6 Å². The molecule has 0 aliphatic heterocycles. The quantitative estimate of drug-likeness (QED) is 0.330. The molecule has 27 heavy (non-hydrogen) atoms. The van der Waals surface area contributed by atoms with E-state index in [0.717, 1.165) is 11.1 Å². The molecule has 0 radical (unpaired) electrons. The molecular weight excluding hydrogens is 392 g/mol.